The number of carboxylic acids is 1. The summed E-state index contributed by atoms with van der Waals surface area (Å²) in [4.78, 5) is 37.7. The van der Waals surface area contributed by atoms with Crippen LogP contribution >= 0.6 is 0 Å². The SMILES string of the molecule is O=C(O)CCN(C(=O)CC1CC(CNC(=O)OCC2c3ccccc3-c3ccccc32)C1)C1CC1. The molecule has 2 fully saturated rings. The molecule has 2 N–H and O–H groups in total. The van der Waals surface area contributed by atoms with Crippen LogP contribution in [0.2, 0.25) is 0 Å². The Morgan fingerprint density at radius 1 is 0.943 bits per heavy atom. The van der Waals surface area contributed by atoms with Crippen LogP contribution in [0.15, 0.2) is 48.5 Å². The van der Waals surface area contributed by atoms with E-state index in [0.717, 1.165) is 25.7 Å². The van der Waals surface area contributed by atoms with E-state index in [1.54, 1.807) is 4.90 Å². The molecule has 0 unspecified atom stereocenters. The molecule has 35 heavy (non-hydrogen) atoms. The van der Waals surface area contributed by atoms with Crippen LogP contribution in [0.1, 0.15) is 55.6 Å². The molecule has 5 rings (SSSR count). The van der Waals surface area contributed by atoms with Gasteiger partial charge in [0.15, 0.2) is 0 Å². The molecule has 7 heteroatoms. The summed E-state index contributed by atoms with van der Waals surface area (Å²) in [7, 11) is 0. The molecule has 0 radical (unpaired) electrons. The minimum atomic E-state index is -0.869. The summed E-state index contributed by atoms with van der Waals surface area (Å²) < 4.78 is 5.60. The smallest absolute Gasteiger partial charge is 0.407 e. The molecule has 0 bridgehead atoms. The van der Waals surface area contributed by atoms with Crippen molar-refractivity contribution in [3.63, 3.8) is 0 Å². The Morgan fingerprint density at radius 2 is 1.57 bits per heavy atom. The van der Waals surface area contributed by atoms with E-state index < -0.39 is 12.1 Å². The van der Waals surface area contributed by atoms with Gasteiger partial charge in [0.25, 0.3) is 0 Å². The Hall–Kier alpha value is -3.35. The van der Waals surface area contributed by atoms with Gasteiger partial charge in [0.2, 0.25) is 5.91 Å². The van der Waals surface area contributed by atoms with E-state index in [0.29, 0.717) is 38.0 Å². The molecular weight excluding hydrogens is 444 g/mol. The molecule has 0 spiro atoms. The predicted molar refractivity (Wildman–Crippen MR) is 131 cm³/mol. The maximum atomic E-state index is 12.6. The highest BCUT2D eigenvalue weighted by Crippen LogP contribution is 2.44. The van der Waals surface area contributed by atoms with Crippen molar-refractivity contribution in [2.24, 2.45) is 11.8 Å². The molecule has 2 saturated carbocycles. The summed E-state index contributed by atoms with van der Waals surface area (Å²) in [6.07, 6.45) is 3.81. The quantitative estimate of drug-likeness (QED) is 0.530. The van der Waals surface area contributed by atoms with Crippen LogP contribution in [-0.2, 0) is 14.3 Å². The monoisotopic (exact) mass is 476 g/mol. The molecule has 184 valence electrons. The van der Waals surface area contributed by atoms with E-state index in [4.69, 9.17) is 9.84 Å². The third-order valence-electron chi connectivity index (χ3n) is 7.55. The van der Waals surface area contributed by atoms with E-state index in [9.17, 15) is 14.4 Å². The zero-order valence-corrected chi connectivity index (χ0v) is 19.8. The van der Waals surface area contributed by atoms with Crippen LogP contribution < -0.4 is 5.32 Å². The van der Waals surface area contributed by atoms with Gasteiger partial charge in [0.1, 0.15) is 6.61 Å². The maximum Gasteiger partial charge on any atom is 0.407 e. The minimum Gasteiger partial charge on any atom is -0.481 e. The van der Waals surface area contributed by atoms with Gasteiger partial charge in [-0.3, -0.25) is 9.59 Å². The van der Waals surface area contributed by atoms with Crippen molar-refractivity contribution in [1.29, 1.82) is 0 Å². The van der Waals surface area contributed by atoms with Crippen LogP contribution in [0, 0.1) is 11.8 Å². The molecular formula is C28H32N2O5. The van der Waals surface area contributed by atoms with E-state index >= 15 is 0 Å². The summed E-state index contributed by atoms with van der Waals surface area (Å²) in [6, 6.07) is 16.8. The standard InChI is InChI=1S/C28H32N2O5/c31-26(30(20-9-10-20)12-11-27(32)33)15-18-13-19(14-18)16-29-28(34)35-17-25-23-7-3-1-5-21(23)22-6-2-4-8-24(22)25/h1-8,18-20,25H,9-17H2,(H,29,34)(H,32,33). The molecule has 0 saturated heterocycles. The van der Waals surface area contributed by atoms with Gasteiger partial charge in [-0.1, -0.05) is 48.5 Å². The Bertz CT molecular complexity index is 1060. The number of carbonyl (C=O) groups is 3. The highest BCUT2D eigenvalue weighted by atomic mass is 16.5. The predicted octanol–water partition coefficient (Wildman–Crippen LogP) is 4.41. The fraction of sp³-hybridized carbons (Fsp3) is 0.464. The highest BCUT2D eigenvalue weighted by molar-refractivity contribution is 5.79. The fourth-order valence-corrected chi connectivity index (χ4v) is 5.56. The van der Waals surface area contributed by atoms with E-state index in [-0.39, 0.29) is 24.3 Å². The lowest BCUT2D eigenvalue weighted by molar-refractivity contribution is -0.139. The number of benzene rings is 2. The molecule has 7 nitrogen and oxygen atoms in total. The normalized spacial score (nSPS) is 20.3. The van der Waals surface area contributed by atoms with Crippen LogP contribution in [0.25, 0.3) is 11.1 Å². The zero-order valence-electron chi connectivity index (χ0n) is 19.8. The molecule has 3 aliphatic carbocycles. The lowest BCUT2D eigenvalue weighted by Gasteiger charge is -2.36. The molecule has 3 aliphatic rings. The first-order valence-electron chi connectivity index (χ1n) is 12.6. The lowest BCUT2D eigenvalue weighted by atomic mass is 9.73. The number of carboxylic acid groups (broad SMARTS) is 1. The summed E-state index contributed by atoms with van der Waals surface area (Å²) >= 11 is 0. The van der Waals surface area contributed by atoms with Gasteiger partial charge < -0.3 is 20.1 Å². The number of nitrogens with zero attached hydrogens (tertiary/aromatic N) is 1. The fourth-order valence-electron chi connectivity index (χ4n) is 5.56. The molecule has 2 amide bonds. The third-order valence-corrected chi connectivity index (χ3v) is 7.55. The Kier molecular flexibility index (Phi) is 6.75. The van der Waals surface area contributed by atoms with Crippen molar-refractivity contribution in [2.75, 3.05) is 19.7 Å². The summed E-state index contributed by atoms with van der Waals surface area (Å²) in [5, 5.41) is 11.8. The number of hydrogen-bond donors (Lipinski definition) is 2. The van der Waals surface area contributed by atoms with Gasteiger partial charge in [0.05, 0.1) is 6.42 Å². The average Bonchev–Trinajstić information content (AvgIpc) is 3.61. The van der Waals surface area contributed by atoms with Crippen molar-refractivity contribution in [1.82, 2.24) is 10.2 Å². The van der Waals surface area contributed by atoms with E-state index in [2.05, 4.69) is 29.6 Å². The van der Waals surface area contributed by atoms with Gasteiger partial charge >= 0.3 is 12.1 Å². The van der Waals surface area contributed by atoms with Crippen molar-refractivity contribution in [3.8, 4) is 11.1 Å². The molecule has 2 aromatic rings. The average molecular weight is 477 g/mol. The summed E-state index contributed by atoms with van der Waals surface area (Å²) in [6.45, 7) is 1.15. The van der Waals surface area contributed by atoms with Crippen LogP contribution in [0.5, 0.6) is 0 Å². The second-order valence-corrected chi connectivity index (χ2v) is 10.1. The Labute approximate surface area is 205 Å². The largest absolute Gasteiger partial charge is 0.481 e. The topological polar surface area (TPSA) is 95.9 Å². The van der Waals surface area contributed by atoms with Crippen LogP contribution in [-0.4, -0.2) is 53.7 Å². The highest BCUT2D eigenvalue weighted by Gasteiger charge is 2.37. The van der Waals surface area contributed by atoms with Gasteiger partial charge in [-0.15, -0.1) is 0 Å². The second kappa shape index (κ2) is 10.1. The molecule has 0 heterocycles. The zero-order chi connectivity index (χ0) is 24.4. The van der Waals surface area contributed by atoms with Crippen molar-refractivity contribution >= 4 is 18.0 Å². The first kappa shape index (κ1) is 23.4. The van der Waals surface area contributed by atoms with Gasteiger partial charge in [0, 0.05) is 31.5 Å². The number of rotatable bonds is 10. The minimum absolute atomic E-state index is 0.000407. The lowest BCUT2D eigenvalue weighted by Crippen LogP contribution is -2.40. The van der Waals surface area contributed by atoms with Gasteiger partial charge in [-0.2, -0.15) is 0 Å². The van der Waals surface area contributed by atoms with Crippen molar-refractivity contribution < 1.29 is 24.2 Å². The number of ether oxygens (including phenoxy) is 1. The molecule has 2 aromatic carbocycles. The van der Waals surface area contributed by atoms with Gasteiger partial charge in [-0.05, 0) is 59.8 Å². The van der Waals surface area contributed by atoms with E-state index in [1.165, 1.54) is 22.3 Å². The van der Waals surface area contributed by atoms with Crippen LogP contribution in [0.3, 0.4) is 0 Å². The van der Waals surface area contributed by atoms with Gasteiger partial charge in [-0.25, -0.2) is 4.79 Å². The number of aliphatic carboxylic acids is 1. The third kappa shape index (κ3) is 5.34. The summed E-state index contributed by atoms with van der Waals surface area (Å²) in [5.74, 6) is -0.0967. The van der Waals surface area contributed by atoms with E-state index in [1.807, 2.05) is 24.3 Å². The van der Waals surface area contributed by atoms with Crippen LogP contribution in [0.4, 0.5) is 4.79 Å². The number of carbonyl (C=O) groups excluding carboxylic acids is 2. The first-order valence-corrected chi connectivity index (χ1v) is 12.6. The first-order chi connectivity index (χ1) is 17.0. The molecule has 0 aliphatic heterocycles. The number of nitrogens with one attached hydrogen (secondary N) is 1. The van der Waals surface area contributed by atoms with Crippen molar-refractivity contribution in [2.45, 2.75) is 50.5 Å². The number of fused-ring (bicyclic) bond motifs is 3. The molecule has 0 atom stereocenters. The maximum absolute atomic E-state index is 12.6. The Balaban J connectivity index is 1.04. The number of alkyl carbamates (subject to hydrolysis) is 1. The summed E-state index contributed by atoms with van der Waals surface area (Å²) in [5.41, 5.74) is 4.79. The Morgan fingerprint density at radius 3 is 2.17 bits per heavy atom. The second-order valence-electron chi connectivity index (χ2n) is 10.1. The number of amides is 2. The number of hydrogen-bond acceptors (Lipinski definition) is 4. The van der Waals surface area contributed by atoms with Crippen molar-refractivity contribution in [3.05, 3.63) is 59.7 Å². The molecule has 0 aromatic heterocycles.